The van der Waals surface area contributed by atoms with E-state index in [4.69, 9.17) is 4.74 Å². The summed E-state index contributed by atoms with van der Waals surface area (Å²) >= 11 is 0. The number of likely N-dealkylation sites (N-methyl/N-ethyl adjacent to an activating group) is 1. The molecule has 1 aromatic rings. The number of piperazine rings is 1. The summed E-state index contributed by atoms with van der Waals surface area (Å²) in [5, 5.41) is 0. The van der Waals surface area contributed by atoms with Gasteiger partial charge in [-0.3, -0.25) is 0 Å². The standard InChI is InChI=1S/C16H25N3O3S/c1-18-7-9-19(10-8-18)23(20,21)17-13-14-6-11-22-16-5-3-2-4-15(16)12-14/h2-5,14,17H,6-13H2,1H3/t14-/m1/s1. The fraction of sp³-hybridized carbons (Fsp3) is 0.625. The van der Waals surface area contributed by atoms with Gasteiger partial charge in [0.1, 0.15) is 5.75 Å². The van der Waals surface area contributed by atoms with Crippen LogP contribution in [0, 0.1) is 5.92 Å². The zero-order chi connectivity index (χ0) is 16.3. The van der Waals surface area contributed by atoms with Gasteiger partial charge in [0.2, 0.25) is 0 Å². The number of hydrogen-bond acceptors (Lipinski definition) is 4. The molecule has 6 nitrogen and oxygen atoms in total. The highest BCUT2D eigenvalue weighted by atomic mass is 32.2. The Bertz CT molecular complexity index is 627. The average molecular weight is 339 g/mol. The molecule has 1 aromatic carbocycles. The molecule has 0 aliphatic carbocycles. The van der Waals surface area contributed by atoms with Crippen LogP contribution in [0.1, 0.15) is 12.0 Å². The number of ether oxygens (including phenoxy) is 1. The van der Waals surface area contributed by atoms with E-state index in [-0.39, 0.29) is 5.92 Å². The third kappa shape index (κ3) is 4.23. The number of benzene rings is 1. The lowest BCUT2D eigenvalue weighted by Crippen LogP contribution is -2.51. The molecule has 0 radical (unpaired) electrons. The van der Waals surface area contributed by atoms with E-state index in [9.17, 15) is 8.42 Å². The van der Waals surface area contributed by atoms with E-state index in [1.807, 2.05) is 25.2 Å². The second-order valence-electron chi connectivity index (χ2n) is 6.37. The topological polar surface area (TPSA) is 61.9 Å². The number of fused-ring (bicyclic) bond motifs is 1. The van der Waals surface area contributed by atoms with Crippen molar-refractivity contribution < 1.29 is 13.2 Å². The maximum Gasteiger partial charge on any atom is 0.279 e. The first-order valence-corrected chi connectivity index (χ1v) is 9.62. The number of nitrogens with zero attached hydrogens (tertiary/aromatic N) is 2. The SMILES string of the molecule is CN1CCN(S(=O)(=O)NC[C@@H]2CCOc3ccccc3C2)CC1. The molecule has 0 saturated carbocycles. The molecule has 0 spiro atoms. The van der Waals surface area contributed by atoms with Gasteiger partial charge in [-0.05, 0) is 37.4 Å². The molecular formula is C16H25N3O3S. The summed E-state index contributed by atoms with van der Waals surface area (Å²) in [5.41, 5.74) is 1.16. The zero-order valence-corrected chi connectivity index (χ0v) is 14.4. The summed E-state index contributed by atoms with van der Waals surface area (Å²) in [4.78, 5) is 2.14. The Morgan fingerprint density at radius 3 is 2.74 bits per heavy atom. The molecule has 0 aromatic heterocycles. The zero-order valence-electron chi connectivity index (χ0n) is 13.6. The molecule has 23 heavy (non-hydrogen) atoms. The first kappa shape index (κ1) is 16.7. The first-order chi connectivity index (χ1) is 11.0. The van der Waals surface area contributed by atoms with Gasteiger partial charge in [-0.1, -0.05) is 18.2 Å². The summed E-state index contributed by atoms with van der Waals surface area (Å²) < 4.78 is 35.0. The molecule has 3 rings (SSSR count). The minimum absolute atomic E-state index is 0.265. The molecule has 2 aliphatic rings. The van der Waals surface area contributed by atoms with Gasteiger partial charge >= 0.3 is 0 Å². The smallest absolute Gasteiger partial charge is 0.279 e. The maximum atomic E-state index is 12.4. The summed E-state index contributed by atoms with van der Waals surface area (Å²) in [6.07, 6.45) is 1.71. The van der Waals surface area contributed by atoms with Crippen molar-refractivity contribution in [2.45, 2.75) is 12.8 Å². The largest absolute Gasteiger partial charge is 0.493 e. The average Bonchev–Trinajstić information content (AvgIpc) is 2.75. The van der Waals surface area contributed by atoms with Gasteiger partial charge in [0.15, 0.2) is 0 Å². The molecular weight excluding hydrogens is 314 g/mol. The molecule has 1 fully saturated rings. The molecule has 1 saturated heterocycles. The molecule has 0 unspecified atom stereocenters. The molecule has 1 N–H and O–H groups in total. The van der Waals surface area contributed by atoms with Gasteiger partial charge in [0, 0.05) is 32.7 Å². The van der Waals surface area contributed by atoms with E-state index in [0.29, 0.717) is 26.2 Å². The third-order valence-electron chi connectivity index (χ3n) is 4.62. The lowest BCUT2D eigenvalue weighted by molar-refractivity contribution is 0.220. The van der Waals surface area contributed by atoms with Crippen molar-refractivity contribution in [3.63, 3.8) is 0 Å². The summed E-state index contributed by atoms with van der Waals surface area (Å²) in [6.45, 7) is 3.78. The van der Waals surface area contributed by atoms with Crippen LogP contribution in [-0.4, -0.2) is 64.0 Å². The lowest BCUT2D eigenvalue weighted by atomic mass is 9.97. The van der Waals surface area contributed by atoms with E-state index >= 15 is 0 Å². The highest BCUT2D eigenvalue weighted by molar-refractivity contribution is 7.87. The molecule has 0 bridgehead atoms. The van der Waals surface area contributed by atoms with Crippen molar-refractivity contribution in [2.24, 2.45) is 5.92 Å². The van der Waals surface area contributed by atoms with Gasteiger partial charge in [0.25, 0.3) is 10.2 Å². The van der Waals surface area contributed by atoms with Crippen LogP contribution in [0.5, 0.6) is 5.75 Å². The normalized spacial score (nSPS) is 23.8. The molecule has 0 amide bonds. The predicted molar refractivity (Wildman–Crippen MR) is 89.7 cm³/mol. The Morgan fingerprint density at radius 1 is 1.22 bits per heavy atom. The highest BCUT2D eigenvalue weighted by Gasteiger charge is 2.26. The van der Waals surface area contributed by atoms with Gasteiger partial charge < -0.3 is 9.64 Å². The van der Waals surface area contributed by atoms with Crippen LogP contribution in [0.3, 0.4) is 0 Å². The fourth-order valence-electron chi connectivity index (χ4n) is 3.08. The minimum atomic E-state index is -3.38. The third-order valence-corrected chi connectivity index (χ3v) is 6.20. The van der Waals surface area contributed by atoms with Gasteiger partial charge in [-0.25, -0.2) is 4.72 Å². The minimum Gasteiger partial charge on any atom is -0.493 e. The number of rotatable bonds is 4. The van der Waals surface area contributed by atoms with E-state index in [1.165, 1.54) is 0 Å². The molecule has 7 heteroatoms. The Balaban J connectivity index is 1.57. The van der Waals surface area contributed by atoms with Gasteiger partial charge in [-0.2, -0.15) is 12.7 Å². The van der Waals surface area contributed by atoms with Crippen molar-refractivity contribution in [3.8, 4) is 5.75 Å². The number of hydrogen-bond donors (Lipinski definition) is 1. The van der Waals surface area contributed by atoms with Crippen molar-refractivity contribution in [1.82, 2.24) is 13.9 Å². The Morgan fingerprint density at radius 2 is 1.96 bits per heavy atom. The van der Waals surface area contributed by atoms with Crippen LogP contribution >= 0.6 is 0 Å². The van der Waals surface area contributed by atoms with E-state index in [0.717, 1.165) is 37.2 Å². The maximum absolute atomic E-state index is 12.4. The Hall–Kier alpha value is -1.15. The quantitative estimate of drug-likeness (QED) is 0.878. The van der Waals surface area contributed by atoms with Crippen LogP contribution in [0.25, 0.3) is 0 Å². The second-order valence-corrected chi connectivity index (χ2v) is 8.13. The van der Waals surface area contributed by atoms with Gasteiger partial charge in [0.05, 0.1) is 6.61 Å². The Labute approximate surface area is 138 Å². The van der Waals surface area contributed by atoms with Crippen molar-refractivity contribution in [2.75, 3.05) is 46.4 Å². The van der Waals surface area contributed by atoms with E-state index < -0.39 is 10.2 Å². The number of nitrogens with one attached hydrogen (secondary N) is 1. The van der Waals surface area contributed by atoms with Crippen LogP contribution in [-0.2, 0) is 16.6 Å². The van der Waals surface area contributed by atoms with E-state index in [2.05, 4.69) is 15.7 Å². The summed E-state index contributed by atoms with van der Waals surface area (Å²) in [6, 6.07) is 8.00. The van der Waals surface area contributed by atoms with Crippen molar-refractivity contribution in [1.29, 1.82) is 0 Å². The van der Waals surface area contributed by atoms with Crippen molar-refractivity contribution >= 4 is 10.2 Å². The fourth-order valence-corrected chi connectivity index (χ4v) is 4.35. The summed E-state index contributed by atoms with van der Waals surface area (Å²) in [5.74, 6) is 1.19. The monoisotopic (exact) mass is 339 g/mol. The summed E-state index contributed by atoms with van der Waals surface area (Å²) in [7, 11) is -1.37. The molecule has 2 heterocycles. The van der Waals surface area contributed by atoms with Gasteiger partial charge in [-0.15, -0.1) is 0 Å². The lowest BCUT2D eigenvalue weighted by Gasteiger charge is -2.31. The molecule has 128 valence electrons. The van der Waals surface area contributed by atoms with Crippen LogP contribution in [0.15, 0.2) is 24.3 Å². The van der Waals surface area contributed by atoms with Crippen LogP contribution in [0.2, 0.25) is 0 Å². The van der Waals surface area contributed by atoms with E-state index in [1.54, 1.807) is 4.31 Å². The van der Waals surface area contributed by atoms with Crippen LogP contribution < -0.4 is 9.46 Å². The molecule has 1 atom stereocenters. The second kappa shape index (κ2) is 7.17. The first-order valence-electron chi connectivity index (χ1n) is 8.18. The Kier molecular flexibility index (Phi) is 5.21. The predicted octanol–water partition coefficient (Wildman–Crippen LogP) is 0.710. The highest BCUT2D eigenvalue weighted by Crippen LogP contribution is 2.26. The molecule has 2 aliphatic heterocycles. The number of para-hydroxylation sites is 1. The van der Waals surface area contributed by atoms with Crippen molar-refractivity contribution in [3.05, 3.63) is 29.8 Å². The van der Waals surface area contributed by atoms with Crippen LogP contribution in [0.4, 0.5) is 0 Å².